The first-order valence-corrected chi connectivity index (χ1v) is 8.27. The number of hydrogen-bond acceptors (Lipinski definition) is 8. The highest BCUT2D eigenvalue weighted by molar-refractivity contribution is 5.85. The van der Waals surface area contributed by atoms with Crippen LogP contribution in [0.5, 0.6) is 5.75 Å². The quantitative estimate of drug-likeness (QED) is 0.492. The number of anilines is 1. The van der Waals surface area contributed by atoms with Crippen LogP contribution in [-0.4, -0.2) is 39.7 Å². The summed E-state index contributed by atoms with van der Waals surface area (Å²) in [5.74, 6) is 1.52. The molecule has 134 valence electrons. The topological polar surface area (TPSA) is 133 Å². The van der Waals surface area contributed by atoms with E-state index in [9.17, 15) is 5.11 Å². The normalized spacial score (nSPS) is 11.6. The predicted molar refractivity (Wildman–Crippen MR) is 95.4 cm³/mol. The molecule has 0 radical (unpaired) electrons. The second kappa shape index (κ2) is 5.80. The number of rotatable bonds is 4. The monoisotopic (exact) mass is 362 g/mol. The van der Waals surface area contributed by atoms with Gasteiger partial charge in [0.2, 0.25) is 17.5 Å². The molecule has 0 spiro atoms. The molecule has 4 heterocycles. The zero-order chi connectivity index (χ0) is 18.4. The Morgan fingerprint density at radius 2 is 1.85 bits per heavy atom. The van der Waals surface area contributed by atoms with Gasteiger partial charge in [0.05, 0.1) is 6.26 Å². The molecule has 0 aliphatic carbocycles. The van der Waals surface area contributed by atoms with E-state index in [2.05, 4.69) is 25.3 Å². The maximum atomic E-state index is 9.37. The first kappa shape index (κ1) is 15.3. The molecule has 10 heteroatoms. The van der Waals surface area contributed by atoms with Crippen LogP contribution in [-0.2, 0) is 12.8 Å². The molecule has 0 aliphatic rings. The minimum atomic E-state index is 0.187. The minimum absolute atomic E-state index is 0.187. The molecule has 0 saturated heterocycles. The summed E-state index contributed by atoms with van der Waals surface area (Å²) in [6, 6.07) is 10.5. The van der Waals surface area contributed by atoms with E-state index < -0.39 is 0 Å². The third kappa shape index (κ3) is 2.63. The Morgan fingerprint density at radius 1 is 1.00 bits per heavy atom. The van der Waals surface area contributed by atoms with E-state index in [1.165, 1.54) is 9.31 Å². The number of aromatic hydroxyl groups is 1. The van der Waals surface area contributed by atoms with Gasteiger partial charge in [-0.25, -0.2) is 4.98 Å². The number of phenolic OH excluding ortho intramolecular Hbond substituents is 1. The Kier molecular flexibility index (Phi) is 3.29. The van der Waals surface area contributed by atoms with Crippen molar-refractivity contribution in [1.29, 1.82) is 0 Å². The summed E-state index contributed by atoms with van der Waals surface area (Å²) in [5, 5.41) is 22.5. The summed E-state index contributed by atoms with van der Waals surface area (Å²) >= 11 is 0. The van der Waals surface area contributed by atoms with Crippen LogP contribution in [0, 0.1) is 0 Å². The highest BCUT2D eigenvalue weighted by atomic mass is 16.3. The molecular formula is C17H14N8O2. The molecule has 10 nitrogen and oxygen atoms in total. The highest BCUT2D eigenvalue weighted by Gasteiger charge is 2.17. The molecule has 0 unspecified atom stereocenters. The second-order valence-electron chi connectivity index (χ2n) is 6.01. The molecule has 0 amide bonds. The van der Waals surface area contributed by atoms with Crippen molar-refractivity contribution >= 4 is 22.8 Å². The van der Waals surface area contributed by atoms with Crippen molar-refractivity contribution in [2.24, 2.45) is 0 Å². The van der Waals surface area contributed by atoms with Gasteiger partial charge in [0.1, 0.15) is 5.75 Å². The molecule has 1 aromatic carbocycles. The van der Waals surface area contributed by atoms with Crippen molar-refractivity contribution in [3.63, 3.8) is 0 Å². The highest BCUT2D eigenvalue weighted by Crippen LogP contribution is 2.19. The Bertz CT molecular complexity index is 1240. The SMILES string of the molecule is Nc1nc2nn(-c3ccco3)nc2c2nc(CCc3ccc(O)cc3)nn12. The fourth-order valence-electron chi connectivity index (χ4n) is 2.85. The zero-order valence-corrected chi connectivity index (χ0v) is 14.0. The minimum Gasteiger partial charge on any atom is -0.508 e. The summed E-state index contributed by atoms with van der Waals surface area (Å²) < 4.78 is 6.78. The summed E-state index contributed by atoms with van der Waals surface area (Å²) in [6.45, 7) is 0. The van der Waals surface area contributed by atoms with Crippen LogP contribution < -0.4 is 5.73 Å². The molecule has 5 rings (SSSR count). The fourth-order valence-corrected chi connectivity index (χ4v) is 2.85. The molecule has 0 saturated carbocycles. The maximum Gasteiger partial charge on any atom is 0.238 e. The lowest BCUT2D eigenvalue weighted by Crippen LogP contribution is -2.02. The molecule has 4 aromatic heterocycles. The molecule has 0 bridgehead atoms. The van der Waals surface area contributed by atoms with Crippen molar-refractivity contribution < 1.29 is 9.52 Å². The molecule has 0 aliphatic heterocycles. The van der Waals surface area contributed by atoms with Crippen LogP contribution in [0.15, 0.2) is 47.1 Å². The van der Waals surface area contributed by atoms with Gasteiger partial charge >= 0.3 is 0 Å². The fraction of sp³-hybridized carbons (Fsp3) is 0.118. The molecule has 0 fully saturated rings. The summed E-state index contributed by atoms with van der Waals surface area (Å²) in [4.78, 5) is 10.2. The summed E-state index contributed by atoms with van der Waals surface area (Å²) in [5.41, 5.74) is 8.44. The number of hydrogen-bond donors (Lipinski definition) is 2. The van der Waals surface area contributed by atoms with Crippen LogP contribution in [0.25, 0.3) is 22.7 Å². The number of phenols is 1. The number of aryl methyl sites for hydroxylation is 2. The number of nitrogens with zero attached hydrogens (tertiary/aromatic N) is 7. The Balaban J connectivity index is 1.52. The average molecular weight is 362 g/mol. The van der Waals surface area contributed by atoms with Gasteiger partial charge in [0.15, 0.2) is 17.0 Å². The van der Waals surface area contributed by atoms with E-state index in [0.29, 0.717) is 34.9 Å². The maximum absolute atomic E-state index is 9.37. The lowest BCUT2D eigenvalue weighted by molar-refractivity contribution is 0.475. The third-order valence-electron chi connectivity index (χ3n) is 4.17. The molecule has 5 aromatic rings. The van der Waals surface area contributed by atoms with Crippen LogP contribution in [0.3, 0.4) is 0 Å². The standard InChI is InChI=1S/C17H14N8O2/c18-17-20-15-14(22-25(23-15)13-2-1-9-27-13)16-19-12(21-24(16)17)8-5-10-3-6-11(26)7-4-10/h1-4,6-7,9,26H,5,8H2,(H2,18,20,23). The van der Waals surface area contributed by atoms with Crippen molar-refractivity contribution in [3.8, 4) is 11.6 Å². The van der Waals surface area contributed by atoms with Crippen LogP contribution in [0.2, 0.25) is 0 Å². The lowest BCUT2D eigenvalue weighted by atomic mass is 10.1. The zero-order valence-electron chi connectivity index (χ0n) is 14.0. The third-order valence-corrected chi connectivity index (χ3v) is 4.17. The van der Waals surface area contributed by atoms with Gasteiger partial charge in [0, 0.05) is 12.5 Å². The van der Waals surface area contributed by atoms with Crippen molar-refractivity contribution in [2.75, 3.05) is 5.73 Å². The van der Waals surface area contributed by atoms with Crippen molar-refractivity contribution in [3.05, 3.63) is 54.0 Å². The van der Waals surface area contributed by atoms with Crippen LogP contribution >= 0.6 is 0 Å². The number of nitrogen functional groups attached to an aromatic ring is 1. The van der Waals surface area contributed by atoms with E-state index in [-0.39, 0.29) is 11.7 Å². The molecular weight excluding hydrogens is 348 g/mol. The van der Waals surface area contributed by atoms with E-state index in [0.717, 1.165) is 12.0 Å². The molecule has 27 heavy (non-hydrogen) atoms. The van der Waals surface area contributed by atoms with E-state index >= 15 is 0 Å². The van der Waals surface area contributed by atoms with Gasteiger partial charge < -0.3 is 15.3 Å². The Hall–Kier alpha value is -3.95. The van der Waals surface area contributed by atoms with Crippen LogP contribution in [0.4, 0.5) is 5.95 Å². The van der Waals surface area contributed by atoms with Crippen LogP contribution in [0.1, 0.15) is 11.4 Å². The second-order valence-corrected chi connectivity index (χ2v) is 6.01. The van der Waals surface area contributed by atoms with Gasteiger partial charge in [-0.2, -0.15) is 9.50 Å². The van der Waals surface area contributed by atoms with Gasteiger partial charge in [-0.3, -0.25) is 0 Å². The number of aromatic nitrogens is 7. The summed E-state index contributed by atoms with van der Waals surface area (Å²) in [6.07, 6.45) is 2.88. The van der Waals surface area contributed by atoms with Gasteiger partial charge in [0.25, 0.3) is 0 Å². The lowest BCUT2D eigenvalue weighted by Gasteiger charge is -1.98. The number of fused-ring (bicyclic) bond motifs is 3. The van der Waals surface area contributed by atoms with Crippen molar-refractivity contribution in [2.45, 2.75) is 12.8 Å². The van der Waals surface area contributed by atoms with E-state index in [1.54, 1.807) is 30.5 Å². The number of benzene rings is 1. The largest absolute Gasteiger partial charge is 0.508 e. The first-order valence-electron chi connectivity index (χ1n) is 8.27. The molecule has 0 atom stereocenters. The average Bonchev–Trinajstić information content (AvgIpc) is 3.39. The van der Waals surface area contributed by atoms with Gasteiger partial charge in [-0.15, -0.1) is 20.1 Å². The smallest absolute Gasteiger partial charge is 0.238 e. The van der Waals surface area contributed by atoms with Gasteiger partial charge in [-0.1, -0.05) is 12.1 Å². The van der Waals surface area contributed by atoms with E-state index in [1.807, 2.05) is 12.1 Å². The first-order chi connectivity index (χ1) is 13.2. The predicted octanol–water partition coefficient (Wildman–Crippen LogP) is 1.52. The van der Waals surface area contributed by atoms with Crippen molar-refractivity contribution in [1.82, 2.24) is 34.6 Å². The van der Waals surface area contributed by atoms with E-state index in [4.69, 9.17) is 10.2 Å². The number of nitrogens with two attached hydrogens (primary N) is 1. The Morgan fingerprint density at radius 3 is 2.63 bits per heavy atom. The number of furan rings is 1. The summed E-state index contributed by atoms with van der Waals surface area (Å²) in [7, 11) is 0. The molecule has 3 N–H and O–H groups in total. The Labute approximate surface area is 151 Å². The van der Waals surface area contributed by atoms with Gasteiger partial charge in [-0.05, 0) is 30.2 Å².